The van der Waals surface area contributed by atoms with Crippen LogP contribution in [0.3, 0.4) is 0 Å². The molecule has 1 spiro atoms. The van der Waals surface area contributed by atoms with E-state index in [0.29, 0.717) is 5.41 Å². The van der Waals surface area contributed by atoms with Gasteiger partial charge < -0.3 is 4.74 Å². The molecule has 0 aromatic carbocycles. The summed E-state index contributed by atoms with van der Waals surface area (Å²) in [5.41, 5.74) is 0.649. The highest BCUT2D eigenvalue weighted by Gasteiger charge is 2.48. The summed E-state index contributed by atoms with van der Waals surface area (Å²) in [7, 11) is 0. The first-order chi connectivity index (χ1) is 7.69. The number of ether oxygens (including phenoxy) is 1. The SMILES string of the molecule is CC(C)N1CC(N2CC3(CCOCC3)C2)C1. The molecule has 92 valence electrons. The fourth-order valence-corrected chi connectivity index (χ4v) is 3.33. The second-order valence-corrected chi connectivity index (χ2v) is 6.22. The Bertz CT molecular complexity index is 247. The minimum Gasteiger partial charge on any atom is -0.381 e. The molecule has 3 nitrogen and oxygen atoms in total. The van der Waals surface area contributed by atoms with Crippen LogP contribution < -0.4 is 0 Å². The molecular weight excluding hydrogens is 200 g/mol. The summed E-state index contributed by atoms with van der Waals surface area (Å²) in [6, 6.07) is 1.59. The fraction of sp³-hybridized carbons (Fsp3) is 1.00. The zero-order valence-electron chi connectivity index (χ0n) is 10.6. The number of hydrogen-bond donors (Lipinski definition) is 0. The Balaban J connectivity index is 1.44. The van der Waals surface area contributed by atoms with E-state index in [1.165, 1.54) is 39.0 Å². The maximum absolute atomic E-state index is 5.46. The van der Waals surface area contributed by atoms with E-state index >= 15 is 0 Å². The molecule has 3 aliphatic rings. The number of hydrogen-bond acceptors (Lipinski definition) is 3. The van der Waals surface area contributed by atoms with Crippen LogP contribution in [0.5, 0.6) is 0 Å². The van der Waals surface area contributed by atoms with Gasteiger partial charge in [0.05, 0.1) is 0 Å². The van der Waals surface area contributed by atoms with Crippen molar-refractivity contribution in [3.05, 3.63) is 0 Å². The van der Waals surface area contributed by atoms with Crippen molar-refractivity contribution in [1.82, 2.24) is 9.80 Å². The van der Waals surface area contributed by atoms with Gasteiger partial charge in [0.15, 0.2) is 0 Å². The molecule has 0 N–H and O–H groups in total. The zero-order chi connectivity index (χ0) is 11.2. The van der Waals surface area contributed by atoms with Crippen molar-refractivity contribution in [3.63, 3.8) is 0 Å². The Morgan fingerprint density at radius 1 is 1.12 bits per heavy atom. The average Bonchev–Trinajstić information content (AvgIpc) is 2.13. The summed E-state index contributed by atoms with van der Waals surface area (Å²) in [5.74, 6) is 0. The van der Waals surface area contributed by atoms with Crippen LogP contribution >= 0.6 is 0 Å². The molecular formula is C13H24N2O. The predicted molar refractivity (Wildman–Crippen MR) is 64.6 cm³/mol. The lowest BCUT2D eigenvalue weighted by molar-refractivity contribution is -0.126. The highest BCUT2D eigenvalue weighted by molar-refractivity contribution is 5.02. The summed E-state index contributed by atoms with van der Waals surface area (Å²) < 4.78 is 5.46. The number of nitrogens with zero attached hydrogens (tertiary/aromatic N) is 2. The lowest BCUT2D eigenvalue weighted by Gasteiger charge is -2.59. The summed E-state index contributed by atoms with van der Waals surface area (Å²) in [6.45, 7) is 11.9. The van der Waals surface area contributed by atoms with Crippen LogP contribution in [0.1, 0.15) is 26.7 Å². The van der Waals surface area contributed by atoms with E-state index in [-0.39, 0.29) is 0 Å². The minimum absolute atomic E-state index is 0.649. The zero-order valence-corrected chi connectivity index (χ0v) is 10.6. The van der Waals surface area contributed by atoms with E-state index in [2.05, 4.69) is 23.6 Å². The molecule has 3 saturated heterocycles. The number of likely N-dealkylation sites (tertiary alicyclic amines) is 2. The Labute approximate surface area is 98.7 Å². The van der Waals surface area contributed by atoms with Crippen molar-refractivity contribution < 1.29 is 4.74 Å². The van der Waals surface area contributed by atoms with Crippen molar-refractivity contribution in [3.8, 4) is 0 Å². The van der Waals surface area contributed by atoms with Gasteiger partial charge in [-0.05, 0) is 26.7 Å². The Morgan fingerprint density at radius 2 is 1.75 bits per heavy atom. The van der Waals surface area contributed by atoms with Gasteiger partial charge in [0, 0.05) is 56.9 Å². The lowest BCUT2D eigenvalue weighted by atomic mass is 9.72. The Morgan fingerprint density at radius 3 is 2.31 bits per heavy atom. The molecule has 3 rings (SSSR count). The molecule has 3 fully saturated rings. The topological polar surface area (TPSA) is 15.7 Å². The standard InChI is InChI=1S/C13H24N2O/c1-11(2)14-7-12(8-14)15-9-13(10-15)3-5-16-6-4-13/h11-12H,3-10H2,1-2H3. The largest absolute Gasteiger partial charge is 0.381 e. The van der Waals surface area contributed by atoms with Gasteiger partial charge in [-0.2, -0.15) is 0 Å². The maximum atomic E-state index is 5.46. The van der Waals surface area contributed by atoms with Gasteiger partial charge >= 0.3 is 0 Å². The van der Waals surface area contributed by atoms with Crippen LogP contribution in [0.2, 0.25) is 0 Å². The van der Waals surface area contributed by atoms with Crippen molar-refractivity contribution in [1.29, 1.82) is 0 Å². The Hall–Kier alpha value is -0.120. The van der Waals surface area contributed by atoms with Gasteiger partial charge in [-0.1, -0.05) is 0 Å². The predicted octanol–water partition coefficient (Wildman–Crippen LogP) is 1.19. The fourth-order valence-electron chi connectivity index (χ4n) is 3.33. The molecule has 0 aromatic heterocycles. The van der Waals surface area contributed by atoms with Crippen LogP contribution in [-0.4, -0.2) is 61.3 Å². The van der Waals surface area contributed by atoms with Crippen LogP contribution in [0, 0.1) is 5.41 Å². The summed E-state index contributed by atoms with van der Waals surface area (Å²) in [4.78, 5) is 5.27. The lowest BCUT2D eigenvalue weighted by Crippen LogP contribution is -2.70. The van der Waals surface area contributed by atoms with Crippen molar-refractivity contribution >= 4 is 0 Å². The van der Waals surface area contributed by atoms with Gasteiger partial charge in [0.25, 0.3) is 0 Å². The normalized spacial score (nSPS) is 31.7. The second kappa shape index (κ2) is 3.97. The average molecular weight is 224 g/mol. The molecule has 0 atom stereocenters. The van der Waals surface area contributed by atoms with Crippen LogP contribution in [-0.2, 0) is 4.74 Å². The molecule has 0 saturated carbocycles. The van der Waals surface area contributed by atoms with Crippen LogP contribution in [0.25, 0.3) is 0 Å². The third-order valence-corrected chi connectivity index (χ3v) is 4.77. The van der Waals surface area contributed by atoms with Crippen molar-refractivity contribution in [2.75, 3.05) is 39.4 Å². The van der Waals surface area contributed by atoms with Crippen LogP contribution in [0.4, 0.5) is 0 Å². The van der Waals surface area contributed by atoms with Crippen LogP contribution in [0.15, 0.2) is 0 Å². The minimum atomic E-state index is 0.649. The summed E-state index contributed by atoms with van der Waals surface area (Å²) in [6.07, 6.45) is 2.59. The molecule has 0 bridgehead atoms. The van der Waals surface area contributed by atoms with Gasteiger partial charge in [0.2, 0.25) is 0 Å². The van der Waals surface area contributed by atoms with E-state index < -0.39 is 0 Å². The van der Waals surface area contributed by atoms with Gasteiger partial charge in [-0.15, -0.1) is 0 Å². The maximum Gasteiger partial charge on any atom is 0.0472 e. The van der Waals surface area contributed by atoms with Gasteiger partial charge in [-0.25, -0.2) is 0 Å². The molecule has 0 radical (unpaired) electrons. The second-order valence-electron chi connectivity index (χ2n) is 6.22. The smallest absolute Gasteiger partial charge is 0.0472 e. The third kappa shape index (κ3) is 1.79. The molecule has 3 heteroatoms. The molecule has 0 aliphatic carbocycles. The molecule has 0 aromatic rings. The quantitative estimate of drug-likeness (QED) is 0.701. The van der Waals surface area contributed by atoms with Crippen molar-refractivity contribution in [2.45, 2.75) is 38.8 Å². The third-order valence-electron chi connectivity index (χ3n) is 4.77. The molecule has 3 aliphatic heterocycles. The van der Waals surface area contributed by atoms with E-state index in [1.807, 2.05) is 0 Å². The number of rotatable bonds is 2. The molecule has 16 heavy (non-hydrogen) atoms. The first kappa shape index (κ1) is 11.0. The van der Waals surface area contributed by atoms with Crippen molar-refractivity contribution in [2.24, 2.45) is 5.41 Å². The first-order valence-electron chi connectivity index (χ1n) is 6.74. The van der Waals surface area contributed by atoms with Gasteiger partial charge in [0.1, 0.15) is 0 Å². The van der Waals surface area contributed by atoms with E-state index in [9.17, 15) is 0 Å². The molecule has 3 heterocycles. The van der Waals surface area contributed by atoms with E-state index in [1.54, 1.807) is 0 Å². The van der Waals surface area contributed by atoms with E-state index in [4.69, 9.17) is 4.74 Å². The Kier molecular flexibility index (Phi) is 2.73. The summed E-state index contributed by atoms with van der Waals surface area (Å²) in [5, 5.41) is 0. The monoisotopic (exact) mass is 224 g/mol. The molecule has 0 unspecified atom stereocenters. The molecule has 0 amide bonds. The highest BCUT2D eigenvalue weighted by atomic mass is 16.5. The van der Waals surface area contributed by atoms with E-state index in [0.717, 1.165) is 25.3 Å². The highest BCUT2D eigenvalue weighted by Crippen LogP contribution is 2.41. The summed E-state index contributed by atoms with van der Waals surface area (Å²) >= 11 is 0. The van der Waals surface area contributed by atoms with Gasteiger partial charge in [-0.3, -0.25) is 9.80 Å². The first-order valence-corrected chi connectivity index (χ1v) is 6.74.